The first kappa shape index (κ1) is 14.0. The maximum atomic E-state index is 7.41. The molecular weight excluding hydrogens is 306 g/mol. The second kappa shape index (κ2) is 5.06. The van der Waals surface area contributed by atoms with E-state index >= 15 is 0 Å². The number of rotatable bonds is 1. The van der Waals surface area contributed by atoms with Gasteiger partial charge in [-0.2, -0.15) is 0 Å². The van der Waals surface area contributed by atoms with Crippen LogP contribution in [0.25, 0.3) is 32.6 Å². The van der Waals surface area contributed by atoms with Crippen LogP contribution >= 0.6 is 0 Å². The fraction of sp³-hybridized carbons (Fsp3) is 0.0909. The van der Waals surface area contributed by atoms with Crippen molar-refractivity contribution >= 4 is 16.6 Å². The summed E-state index contributed by atoms with van der Waals surface area (Å²) in [5.41, 5.74) is 7.87. The molecule has 2 heterocycles. The van der Waals surface area contributed by atoms with E-state index < -0.39 is 0 Å². The molecule has 1 aromatic heterocycles. The molecule has 0 atom stereocenters. The Morgan fingerprint density at radius 1 is 1.00 bits per heavy atom. The zero-order valence-corrected chi connectivity index (χ0v) is 13.9. The highest BCUT2D eigenvalue weighted by atomic mass is 15.4. The Labute approximate surface area is 146 Å². The van der Waals surface area contributed by atoms with E-state index in [0.717, 1.165) is 23.3 Å². The standard InChI is InChI=1S/C22H16N3/c1-15-20(23-2)11-10-19-14-24-13-18-9-8-17(16-6-4-3-5-7-16)12-21(18)25(24)22(15)19/h3-12,14H,13H2,1H3/q+1. The molecule has 5 rings (SSSR count). The third-order valence-corrected chi connectivity index (χ3v) is 5.06. The van der Waals surface area contributed by atoms with Gasteiger partial charge in [0.05, 0.1) is 12.0 Å². The lowest BCUT2D eigenvalue weighted by Crippen LogP contribution is -2.36. The molecule has 0 spiro atoms. The summed E-state index contributed by atoms with van der Waals surface area (Å²) in [5.74, 6) is 0. The highest BCUT2D eigenvalue weighted by molar-refractivity contribution is 5.88. The number of nitrogens with zero attached hydrogens (tertiary/aromatic N) is 3. The lowest BCUT2D eigenvalue weighted by Gasteiger charge is -2.06. The van der Waals surface area contributed by atoms with Crippen LogP contribution in [0.15, 0.2) is 66.9 Å². The molecule has 3 heteroatoms. The van der Waals surface area contributed by atoms with Crippen LogP contribution in [0.4, 0.5) is 5.69 Å². The van der Waals surface area contributed by atoms with Crippen molar-refractivity contribution in [3.8, 4) is 16.8 Å². The summed E-state index contributed by atoms with van der Waals surface area (Å²) in [6, 6.07) is 21.1. The Kier molecular flexibility index (Phi) is 2.83. The summed E-state index contributed by atoms with van der Waals surface area (Å²) in [4.78, 5) is 3.67. The normalized spacial score (nSPS) is 12.0. The highest BCUT2D eigenvalue weighted by Gasteiger charge is 2.29. The number of hydrogen-bond donors (Lipinski definition) is 0. The van der Waals surface area contributed by atoms with Gasteiger partial charge in [-0.25, -0.2) is 4.85 Å². The lowest BCUT2D eigenvalue weighted by atomic mass is 10.0. The molecule has 25 heavy (non-hydrogen) atoms. The molecule has 0 N–H and O–H groups in total. The fourth-order valence-electron chi connectivity index (χ4n) is 3.82. The molecule has 0 unspecified atom stereocenters. The SMILES string of the molecule is [C-]#[N+]c1ccc2c[n+]3n(c2c1C)-c1cc(-c2ccccc2)ccc1C3. The second-order valence-electron chi connectivity index (χ2n) is 6.51. The van der Waals surface area contributed by atoms with E-state index in [-0.39, 0.29) is 0 Å². The van der Waals surface area contributed by atoms with Crippen molar-refractivity contribution in [1.82, 2.24) is 4.68 Å². The summed E-state index contributed by atoms with van der Waals surface area (Å²) < 4.78 is 4.51. The molecule has 0 amide bonds. The number of aromatic nitrogens is 2. The van der Waals surface area contributed by atoms with Crippen LogP contribution in [0.2, 0.25) is 0 Å². The fourth-order valence-corrected chi connectivity index (χ4v) is 3.82. The van der Waals surface area contributed by atoms with Crippen molar-refractivity contribution in [2.75, 3.05) is 0 Å². The largest absolute Gasteiger partial charge is 0.238 e. The lowest BCUT2D eigenvalue weighted by molar-refractivity contribution is -0.749. The zero-order chi connectivity index (χ0) is 17.0. The summed E-state index contributed by atoms with van der Waals surface area (Å²) in [5, 5.41) is 1.18. The maximum Gasteiger partial charge on any atom is 0.204 e. The smallest absolute Gasteiger partial charge is 0.204 e. The van der Waals surface area contributed by atoms with Crippen LogP contribution in [0.3, 0.4) is 0 Å². The molecule has 0 aliphatic carbocycles. The number of aryl methyl sites for hydroxylation is 1. The Balaban J connectivity index is 1.79. The maximum absolute atomic E-state index is 7.41. The summed E-state index contributed by atoms with van der Waals surface area (Å²) in [7, 11) is 0. The van der Waals surface area contributed by atoms with E-state index in [0.29, 0.717) is 0 Å². The van der Waals surface area contributed by atoms with Gasteiger partial charge in [-0.05, 0) is 35.7 Å². The highest BCUT2D eigenvalue weighted by Crippen LogP contribution is 2.33. The van der Waals surface area contributed by atoms with Gasteiger partial charge in [-0.1, -0.05) is 48.5 Å². The van der Waals surface area contributed by atoms with E-state index in [4.69, 9.17) is 6.57 Å². The predicted octanol–water partition coefficient (Wildman–Crippen LogP) is 4.81. The summed E-state index contributed by atoms with van der Waals surface area (Å²) in [6.45, 7) is 10.3. The average Bonchev–Trinajstić information content (AvgIpc) is 3.18. The third kappa shape index (κ3) is 1.95. The molecule has 0 radical (unpaired) electrons. The van der Waals surface area contributed by atoms with Gasteiger partial charge < -0.3 is 0 Å². The molecule has 0 saturated heterocycles. The Bertz CT molecular complexity index is 1180. The Morgan fingerprint density at radius 3 is 2.64 bits per heavy atom. The first-order valence-electron chi connectivity index (χ1n) is 8.37. The van der Waals surface area contributed by atoms with Crippen LogP contribution in [0.1, 0.15) is 11.1 Å². The van der Waals surface area contributed by atoms with Crippen molar-refractivity contribution in [3.63, 3.8) is 0 Å². The van der Waals surface area contributed by atoms with Crippen LogP contribution in [0.5, 0.6) is 0 Å². The van der Waals surface area contributed by atoms with Crippen LogP contribution < -0.4 is 4.68 Å². The van der Waals surface area contributed by atoms with E-state index in [1.54, 1.807) is 0 Å². The minimum Gasteiger partial charge on any atom is -0.238 e. The van der Waals surface area contributed by atoms with Gasteiger partial charge in [-0.3, -0.25) is 0 Å². The van der Waals surface area contributed by atoms with Crippen LogP contribution in [-0.2, 0) is 6.54 Å². The molecule has 0 saturated carbocycles. The van der Waals surface area contributed by atoms with Gasteiger partial charge in [0, 0.05) is 5.56 Å². The average molecular weight is 322 g/mol. The molecule has 1 aliphatic rings. The minimum atomic E-state index is 0.724. The first-order chi connectivity index (χ1) is 12.3. The minimum absolute atomic E-state index is 0.724. The topological polar surface area (TPSA) is 13.2 Å². The summed E-state index contributed by atoms with van der Waals surface area (Å²) in [6.07, 6.45) is 2.18. The zero-order valence-electron chi connectivity index (χ0n) is 13.9. The molecule has 4 aromatic rings. The second-order valence-corrected chi connectivity index (χ2v) is 6.51. The van der Waals surface area contributed by atoms with Crippen molar-refractivity contribution in [3.05, 3.63) is 89.4 Å². The van der Waals surface area contributed by atoms with E-state index in [2.05, 4.69) is 68.9 Å². The van der Waals surface area contributed by atoms with Crippen molar-refractivity contribution in [2.45, 2.75) is 13.5 Å². The number of fused-ring (bicyclic) bond motifs is 5. The van der Waals surface area contributed by atoms with E-state index in [9.17, 15) is 0 Å². The van der Waals surface area contributed by atoms with Gasteiger partial charge >= 0.3 is 0 Å². The van der Waals surface area contributed by atoms with Crippen molar-refractivity contribution in [1.29, 1.82) is 0 Å². The van der Waals surface area contributed by atoms with Crippen molar-refractivity contribution < 1.29 is 4.68 Å². The van der Waals surface area contributed by atoms with Gasteiger partial charge in [0.15, 0.2) is 12.2 Å². The van der Waals surface area contributed by atoms with Gasteiger partial charge in [0.25, 0.3) is 0 Å². The van der Waals surface area contributed by atoms with Crippen molar-refractivity contribution in [2.24, 2.45) is 0 Å². The van der Waals surface area contributed by atoms with Gasteiger partial charge in [0.1, 0.15) is 11.2 Å². The van der Waals surface area contributed by atoms with E-state index in [1.807, 2.05) is 19.1 Å². The molecule has 0 fully saturated rings. The molecule has 0 bridgehead atoms. The summed E-state index contributed by atoms with van der Waals surface area (Å²) >= 11 is 0. The molecule has 3 aromatic carbocycles. The quantitative estimate of drug-likeness (QED) is 0.310. The third-order valence-electron chi connectivity index (χ3n) is 5.06. The Morgan fingerprint density at radius 2 is 1.84 bits per heavy atom. The predicted molar refractivity (Wildman–Crippen MR) is 99.0 cm³/mol. The van der Waals surface area contributed by atoms with E-state index in [1.165, 1.54) is 27.8 Å². The number of benzene rings is 3. The van der Waals surface area contributed by atoms with Gasteiger partial charge in [-0.15, -0.1) is 9.36 Å². The first-order valence-corrected chi connectivity index (χ1v) is 8.37. The Hall–Kier alpha value is -3.38. The molecule has 3 nitrogen and oxygen atoms in total. The van der Waals surface area contributed by atoms with Gasteiger partial charge in [0.2, 0.25) is 6.20 Å². The molecule has 1 aliphatic heterocycles. The molecule has 118 valence electrons. The van der Waals surface area contributed by atoms with Crippen LogP contribution in [0, 0.1) is 13.5 Å². The number of hydrogen-bond acceptors (Lipinski definition) is 0. The monoisotopic (exact) mass is 322 g/mol. The van der Waals surface area contributed by atoms with Crippen LogP contribution in [-0.4, -0.2) is 4.68 Å². The molecular formula is C22H16N3+.